The molecule has 0 aromatic heterocycles. The number of nitrogens with one attached hydrogen (secondary N) is 3. The van der Waals surface area contributed by atoms with Gasteiger partial charge < -0.3 is 5.32 Å². The molecule has 2 aromatic carbocycles. The van der Waals surface area contributed by atoms with Crippen LogP contribution in [0.15, 0.2) is 54.6 Å². The lowest BCUT2D eigenvalue weighted by atomic mass is 9.94. The van der Waals surface area contributed by atoms with Gasteiger partial charge in [-0.05, 0) is 17.2 Å². The van der Waals surface area contributed by atoms with Crippen LogP contribution in [0, 0.1) is 5.92 Å². The van der Waals surface area contributed by atoms with Crippen LogP contribution in [0.2, 0.25) is 0 Å². The van der Waals surface area contributed by atoms with Crippen molar-refractivity contribution in [2.45, 2.75) is 18.8 Å². The number of benzene rings is 2. The predicted molar refractivity (Wildman–Crippen MR) is 87.1 cm³/mol. The lowest BCUT2D eigenvalue weighted by Gasteiger charge is -2.19. The zero-order chi connectivity index (χ0) is 17.9. The zero-order valence-electron chi connectivity index (χ0n) is 13.3. The molecular formula is C18H18F3N3O. The second-order valence-corrected chi connectivity index (χ2v) is 5.89. The Labute approximate surface area is 143 Å². The van der Waals surface area contributed by atoms with Crippen molar-refractivity contribution in [2.75, 3.05) is 6.54 Å². The number of alkyl halides is 3. The number of carbonyl (C=O) groups is 1. The molecule has 0 radical (unpaired) electrons. The molecule has 7 heteroatoms. The smallest absolute Gasteiger partial charge is 0.352 e. The highest BCUT2D eigenvalue weighted by Gasteiger charge is 2.35. The molecule has 1 fully saturated rings. The van der Waals surface area contributed by atoms with Gasteiger partial charge in [0.25, 0.3) is 0 Å². The molecule has 0 bridgehead atoms. The Kier molecular flexibility index (Phi) is 5.06. The van der Waals surface area contributed by atoms with Crippen LogP contribution in [0.1, 0.15) is 22.7 Å². The van der Waals surface area contributed by atoms with Crippen molar-refractivity contribution in [3.05, 3.63) is 71.3 Å². The first-order valence-corrected chi connectivity index (χ1v) is 7.93. The molecule has 0 aliphatic carbocycles. The first-order valence-electron chi connectivity index (χ1n) is 7.93. The van der Waals surface area contributed by atoms with Gasteiger partial charge in [-0.2, -0.15) is 13.2 Å². The fourth-order valence-electron chi connectivity index (χ4n) is 2.98. The summed E-state index contributed by atoms with van der Waals surface area (Å²) in [5.41, 5.74) is 6.27. The van der Waals surface area contributed by atoms with Gasteiger partial charge in [-0.25, -0.2) is 5.43 Å². The Bertz CT molecular complexity index is 734. The summed E-state index contributed by atoms with van der Waals surface area (Å²) in [4.78, 5) is 12.5. The monoisotopic (exact) mass is 349 g/mol. The lowest BCUT2D eigenvalue weighted by molar-refractivity contribution is -0.138. The van der Waals surface area contributed by atoms with Crippen molar-refractivity contribution in [1.82, 2.24) is 16.2 Å². The van der Waals surface area contributed by atoms with Crippen molar-refractivity contribution in [1.29, 1.82) is 0 Å². The van der Waals surface area contributed by atoms with E-state index in [-0.39, 0.29) is 24.1 Å². The molecule has 1 aliphatic heterocycles. The molecule has 132 valence electrons. The van der Waals surface area contributed by atoms with Gasteiger partial charge >= 0.3 is 6.18 Å². The van der Waals surface area contributed by atoms with Crippen LogP contribution >= 0.6 is 0 Å². The van der Waals surface area contributed by atoms with Gasteiger partial charge in [0.15, 0.2) is 0 Å². The van der Waals surface area contributed by atoms with Crippen LogP contribution in [0.3, 0.4) is 0 Å². The van der Waals surface area contributed by atoms with Gasteiger partial charge in [-0.15, -0.1) is 0 Å². The third-order valence-electron chi connectivity index (χ3n) is 4.25. The maximum absolute atomic E-state index is 13.0. The highest BCUT2D eigenvalue weighted by atomic mass is 19.4. The van der Waals surface area contributed by atoms with E-state index in [1.165, 1.54) is 18.2 Å². The third-order valence-corrected chi connectivity index (χ3v) is 4.25. The molecule has 3 rings (SSSR count). The SMILES string of the molecule is O=C(NCc1ccccc1C(F)(F)F)C1CNNC1c1ccccc1. The highest BCUT2D eigenvalue weighted by molar-refractivity contribution is 5.80. The van der Waals surface area contributed by atoms with Crippen LogP contribution in [-0.4, -0.2) is 12.5 Å². The van der Waals surface area contributed by atoms with E-state index >= 15 is 0 Å². The highest BCUT2D eigenvalue weighted by Crippen LogP contribution is 2.32. The summed E-state index contributed by atoms with van der Waals surface area (Å²) in [6.07, 6.45) is -4.44. The summed E-state index contributed by atoms with van der Waals surface area (Å²) >= 11 is 0. The molecule has 1 saturated heterocycles. The summed E-state index contributed by atoms with van der Waals surface area (Å²) in [7, 11) is 0. The van der Waals surface area contributed by atoms with E-state index in [0.29, 0.717) is 6.54 Å². The molecule has 2 aromatic rings. The first kappa shape index (κ1) is 17.4. The molecule has 0 saturated carbocycles. The van der Waals surface area contributed by atoms with Gasteiger partial charge in [-0.3, -0.25) is 10.2 Å². The molecule has 1 amide bonds. The first-order chi connectivity index (χ1) is 12.0. The molecule has 1 aliphatic rings. The molecule has 25 heavy (non-hydrogen) atoms. The molecule has 3 N–H and O–H groups in total. The fourth-order valence-corrected chi connectivity index (χ4v) is 2.98. The summed E-state index contributed by atoms with van der Waals surface area (Å²) in [6.45, 7) is 0.249. The van der Waals surface area contributed by atoms with E-state index in [1.54, 1.807) is 0 Å². The normalized spacial score (nSPS) is 20.4. The zero-order valence-corrected chi connectivity index (χ0v) is 13.3. The quantitative estimate of drug-likeness (QED) is 0.796. The summed E-state index contributed by atoms with van der Waals surface area (Å²) in [5, 5.41) is 2.63. The summed E-state index contributed by atoms with van der Waals surface area (Å²) < 4.78 is 39.1. The predicted octanol–water partition coefficient (Wildman–Crippen LogP) is 2.79. The van der Waals surface area contributed by atoms with Crippen LogP contribution in [0.5, 0.6) is 0 Å². The standard InChI is InChI=1S/C18H18F3N3O/c19-18(20,21)15-9-5-4-8-13(15)10-22-17(25)14-11-23-24-16(14)12-6-2-1-3-7-12/h1-9,14,16,23-24H,10-11H2,(H,22,25). The minimum Gasteiger partial charge on any atom is -0.352 e. The topological polar surface area (TPSA) is 53.2 Å². The van der Waals surface area contributed by atoms with E-state index in [9.17, 15) is 18.0 Å². The van der Waals surface area contributed by atoms with Crippen LogP contribution < -0.4 is 16.2 Å². The number of rotatable bonds is 4. The fraction of sp³-hybridized carbons (Fsp3) is 0.278. The number of carbonyl (C=O) groups excluding carboxylic acids is 1. The largest absolute Gasteiger partial charge is 0.416 e. The molecule has 4 nitrogen and oxygen atoms in total. The van der Waals surface area contributed by atoms with Crippen LogP contribution in [0.4, 0.5) is 13.2 Å². The number of hydrazine groups is 1. The Hall–Kier alpha value is -2.38. The van der Waals surface area contributed by atoms with E-state index in [1.807, 2.05) is 30.3 Å². The molecule has 2 atom stereocenters. The Balaban J connectivity index is 1.69. The minimum atomic E-state index is -4.44. The second-order valence-electron chi connectivity index (χ2n) is 5.89. The van der Waals surface area contributed by atoms with Crippen molar-refractivity contribution in [2.24, 2.45) is 5.92 Å². The third kappa shape index (κ3) is 4.00. The number of amides is 1. The van der Waals surface area contributed by atoms with Gasteiger partial charge in [-0.1, -0.05) is 48.5 Å². The Morgan fingerprint density at radius 3 is 2.48 bits per heavy atom. The molecule has 2 unspecified atom stereocenters. The van der Waals surface area contributed by atoms with Crippen molar-refractivity contribution < 1.29 is 18.0 Å². The second kappa shape index (κ2) is 7.25. The van der Waals surface area contributed by atoms with E-state index < -0.39 is 17.7 Å². The maximum atomic E-state index is 13.0. The number of halogens is 3. The summed E-state index contributed by atoms with van der Waals surface area (Å²) in [6, 6.07) is 14.5. The van der Waals surface area contributed by atoms with E-state index in [2.05, 4.69) is 16.2 Å². The van der Waals surface area contributed by atoms with E-state index in [0.717, 1.165) is 11.6 Å². The molecule has 1 heterocycles. The van der Waals surface area contributed by atoms with Crippen LogP contribution in [-0.2, 0) is 17.5 Å². The van der Waals surface area contributed by atoms with Crippen LogP contribution in [0.25, 0.3) is 0 Å². The molecular weight excluding hydrogens is 331 g/mol. The minimum absolute atomic E-state index is 0.0542. The van der Waals surface area contributed by atoms with Gasteiger partial charge in [0.05, 0.1) is 17.5 Å². The Morgan fingerprint density at radius 2 is 1.76 bits per heavy atom. The number of hydrogen-bond acceptors (Lipinski definition) is 3. The van der Waals surface area contributed by atoms with Crippen molar-refractivity contribution >= 4 is 5.91 Å². The van der Waals surface area contributed by atoms with Gasteiger partial charge in [0, 0.05) is 13.1 Å². The average molecular weight is 349 g/mol. The van der Waals surface area contributed by atoms with E-state index in [4.69, 9.17) is 0 Å². The van der Waals surface area contributed by atoms with Gasteiger partial charge in [0.2, 0.25) is 5.91 Å². The van der Waals surface area contributed by atoms with Gasteiger partial charge in [0.1, 0.15) is 0 Å². The summed E-state index contributed by atoms with van der Waals surface area (Å²) in [5.74, 6) is -0.691. The lowest BCUT2D eigenvalue weighted by Crippen LogP contribution is -2.35. The average Bonchev–Trinajstić information content (AvgIpc) is 3.10. The van der Waals surface area contributed by atoms with Crippen molar-refractivity contribution in [3.63, 3.8) is 0 Å². The maximum Gasteiger partial charge on any atom is 0.416 e. The van der Waals surface area contributed by atoms with Crippen molar-refractivity contribution in [3.8, 4) is 0 Å². The Morgan fingerprint density at radius 1 is 1.08 bits per heavy atom. The molecule has 0 spiro atoms. The number of hydrogen-bond donors (Lipinski definition) is 3.